The van der Waals surface area contributed by atoms with Gasteiger partial charge in [-0.2, -0.15) is 0 Å². The number of carbonyl (C=O) groups excluding carboxylic acids is 2. The number of rotatable bonds is 5. The van der Waals surface area contributed by atoms with Crippen LogP contribution in [0.15, 0.2) is 48.5 Å². The average Bonchev–Trinajstić information content (AvgIpc) is 2.72. The molecule has 1 N–H and O–H groups in total. The van der Waals surface area contributed by atoms with Crippen LogP contribution in [-0.4, -0.2) is 54.3 Å². The van der Waals surface area contributed by atoms with Crippen molar-refractivity contribution >= 4 is 11.8 Å². The van der Waals surface area contributed by atoms with Crippen molar-refractivity contribution in [2.24, 2.45) is 0 Å². The molecule has 1 aliphatic rings. The molecule has 5 nitrogen and oxygen atoms in total. The fraction of sp³-hybridized carbons (Fsp3) is 0.333. The summed E-state index contributed by atoms with van der Waals surface area (Å²) < 4.78 is 13.6. The van der Waals surface area contributed by atoms with Gasteiger partial charge in [0.25, 0.3) is 11.8 Å². The average molecular weight is 369 g/mol. The van der Waals surface area contributed by atoms with E-state index in [9.17, 15) is 14.0 Å². The third kappa shape index (κ3) is 4.71. The zero-order chi connectivity index (χ0) is 19.2. The summed E-state index contributed by atoms with van der Waals surface area (Å²) in [6, 6.07) is 12.9. The van der Waals surface area contributed by atoms with Gasteiger partial charge in [-0.05, 0) is 36.9 Å². The maximum atomic E-state index is 13.6. The quantitative estimate of drug-likeness (QED) is 0.881. The van der Waals surface area contributed by atoms with Crippen molar-refractivity contribution < 1.29 is 14.0 Å². The SMILES string of the molecule is CCN1CCN(C(=O)c2ccc(C(=O)NCc3ccccc3F)cc2)CC1. The van der Waals surface area contributed by atoms with Crippen LogP contribution in [0.4, 0.5) is 4.39 Å². The van der Waals surface area contributed by atoms with Gasteiger partial charge < -0.3 is 15.1 Å². The molecule has 1 saturated heterocycles. The van der Waals surface area contributed by atoms with Crippen LogP contribution in [0.2, 0.25) is 0 Å². The summed E-state index contributed by atoms with van der Waals surface area (Å²) in [5.74, 6) is -0.653. The molecule has 2 aromatic rings. The summed E-state index contributed by atoms with van der Waals surface area (Å²) in [4.78, 5) is 29.0. The van der Waals surface area contributed by atoms with Crippen LogP contribution in [0.3, 0.4) is 0 Å². The van der Waals surface area contributed by atoms with Gasteiger partial charge in [0.2, 0.25) is 0 Å². The lowest BCUT2D eigenvalue weighted by Gasteiger charge is -2.34. The van der Waals surface area contributed by atoms with Crippen LogP contribution in [0.5, 0.6) is 0 Å². The Labute approximate surface area is 158 Å². The van der Waals surface area contributed by atoms with E-state index in [1.807, 2.05) is 4.90 Å². The van der Waals surface area contributed by atoms with Gasteiger partial charge in [0, 0.05) is 49.4 Å². The normalized spacial score (nSPS) is 14.8. The Morgan fingerprint density at radius 1 is 0.963 bits per heavy atom. The minimum absolute atomic E-state index is 0.0101. The van der Waals surface area contributed by atoms with Crippen LogP contribution in [0.1, 0.15) is 33.2 Å². The molecule has 0 aliphatic carbocycles. The van der Waals surface area contributed by atoms with Crippen molar-refractivity contribution in [2.45, 2.75) is 13.5 Å². The monoisotopic (exact) mass is 369 g/mol. The second-order valence-electron chi connectivity index (χ2n) is 6.58. The molecule has 0 aromatic heterocycles. The molecule has 2 aromatic carbocycles. The van der Waals surface area contributed by atoms with E-state index in [0.717, 1.165) is 32.7 Å². The maximum absolute atomic E-state index is 13.6. The Hall–Kier alpha value is -2.73. The molecule has 1 aliphatic heterocycles. The molecule has 0 saturated carbocycles. The first-order valence-electron chi connectivity index (χ1n) is 9.21. The summed E-state index contributed by atoms with van der Waals surface area (Å²) >= 11 is 0. The van der Waals surface area contributed by atoms with Crippen molar-refractivity contribution in [3.05, 3.63) is 71.0 Å². The summed E-state index contributed by atoms with van der Waals surface area (Å²) in [7, 11) is 0. The largest absolute Gasteiger partial charge is 0.348 e. The number of piperazine rings is 1. The molecule has 6 heteroatoms. The number of halogens is 1. The molecular weight excluding hydrogens is 345 g/mol. The van der Waals surface area contributed by atoms with E-state index in [1.54, 1.807) is 42.5 Å². The molecule has 142 valence electrons. The highest BCUT2D eigenvalue weighted by Crippen LogP contribution is 2.11. The molecular formula is C21H24FN3O2. The second-order valence-corrected chi connectivity index (χ2v) is 6.58. The van der Waals surface area contributed by atoms with Crippen LogP contribution < -0.4 is 5.32 Å². The van der Waals surface area contributed by atoms with E-state index in [4.69, 9.17) is 0 Å². The van der Waals surface area contributed by atoms with Crippen LogP contribution in [0, 0.1) is 5.82 Å². The molecule has 1 fully saturated rings. The van der Waals surface area contributed by atoms with Crippen molar-refractivity contribution in [1.82, 2.24) is 15.1 Å². The van der Waals surface area contributed by atoms with Crippen molar-refractivity contribution in [2.75, 3.05) is 32.7 Å². The molecule has 0 spiro atoms. The lowest BCUT2D eigenvalue weighted by atomic mass is 10.1. The van der Waals surface area contributed by atoms with Crippen LogP contribution >= 0.6 is 0 Å². The maximum Gasteiger partial charge on any atom is 0.253 e. The van der Waals surface area contributed by atoms with Gasteiger partial charge in [-0.25, -0.2) is 4.39 Å². The van der Waals surface area contributed by atoms with Crippen LogP contribution in [-0.2, 0) is 6.54 Å². The molecule has 0 radical (unpaired) electrons. The van der Waals surface area contributed by atoms with E-state index in [2.05, 4.69) is 17.1 Å². The summed E-state index contributed by atoms with van der Waals surface area (Å²) in [6.07, 6.45) is 0. The smallest absolute Gasteiger partial charge is 0.253 e. The number of nitrogens with zero attached hydrogens (tertiary/aromatic N) is 2. The number of nitrogens with one attached hydrogen (secondary N) is 1. The zero-order valence-electron chi connectivity index (χ0n) is 15.5. The molecule has 0 bridgehead atoms. The Morgan fingerprint density at radius 3 is 2.22 bits per heavy atom. The first kappa shape index (κ1) is 19.0. The zero-order valence-corrected chi connectivity index (χ0v) is 15.5. The minimum atomic E-state index is -0.345. The van der Waals surface area contributed by atoms with Crippen LogP contribution in [0.25, 0.3) is 0 Å². The fourth-order valence-electron chi connectivity index (χ4n) is 3.13. The molecule has 1 heterocycles. The first-order chi connectivity index (χ1) is 13.1. The number of carbonyl (C=O) groups is 2. The summed E-state index contributed by atoms with van der Waals surface area (Å²) in [5.41, 5.74) is 1.45. The standard InChI is InChI=1S/C21H24FN3O2/c1-2-24-11-13-25(14-12-24)21(27)17-9-7-16(8-10-17)20(26)23-15-18-5-3-4-6-19(18)22/h3-10H,2,11-15H2,1H3,(H,23,26). The van der Waals surface area contributed by atoms with E-state index in [0.29, 0.717) is 16.7 Å². The Morgan fingerprint density at radius 2 is 1.59 bits per heavy atom. The molecule has 0 unspecified atom stereocenters. The minimum Gasteiger partial charge on any atom is -0.348 e. The Balaban J connectivity index is 1.57. The number of hydrogen-bond donors (Lipinski definition) is 1. The third-order valence-corrected chi connectivity index (χ3v) is 4.90. The highest BCUT2D eigenvalue weighted by atomic mass is 19.1. The lowest BCUT2D eigenvalue weighted by Crippen LogP contribution is -2.48. The highest BCUT2D eigenvalue weighted by Gasteiger charge is 2.21. The van der Waals surface area contributed by atoms with E-state index in [1.165, 1.54) is 6.07 Å². The van der Waals surface area contributed by atoms with Crippen molar-refractivity contribution in [3.63, 3.8) is 0 Å². The topological polar surface area (TPSA) is 52.7 Å². The molecule has 2 amide bonds. The first-order valence-corrected chi connectivity index (χ1v) is 9.21. The number of likely N-dealkylation sites (N-methyl/N-ethyl adjacent to an activating group) is 1. The number of benzene rings is 2. The second kappa shape index (κ2) is 8.77. The van der Waals surface area contributed by atoms with Crippen molar-refractivity contribution in [1.29, 1.82) is 0 Å². The molecule has 3 rings (SSSR count). The van der Waals surface area contributed by atoms with Crippen molar-refractivity contribution in [3.8, 4) is 0 Å². The predicted octanol–water partition coefficient (Wildman–Crippen LogP) is 2.53. The highest BCUT2D eigenvalue weighted by molar-refractivity contribution is 5.97. The molecule has 27 heavy (non-hydrogen) atoms. The lowest BCUT2D eigenvalue weighted by molar-refractivity contribution is 0.0643. The van der Waals surface area contributed by atoms with Gasteiger partial charge in [0.1, 0.15) is 5.82 Å². The summed E-state index contributed by atoms with van der Waals surface area (Å²) in [6.45, 7) is 6.45. The Bertz CT molecular complexity index is 799. The Kier molecular flexibility index (Phi) is 6.19. The third-order valence-electron chi connectivity index (χ3n) is 4.90. The van der Waals surface area contributed by atoms with E-state index >= 15 is 0 Å². The van der Waals surface area contributed by atoms with Gasteiger partial charge >= 0.3 is 0 Å². The van der Waals surface area contributed by atoms with Gasteiger partial charge in [-0.1, -0.05) is 25.1 Å². The number of amides is 2. The van der Waals surface area contributed by atoms with Gasteiger partial charge in [0.05, 0.1) is 0 Å². The van der Waals surface area contributed by atoms with Gasteiger partial charge in [0.15, 0.2) is 0 Å². The fourth-order valence-corrected chi connectivity index (χ4v) is 3.13. The number of hydrogen-bond acceptors (Lipinski definition) is 3. The van der Waals surface area contributed by atoms with Gasteiger partial charge in [-0.15, -0.1) is 0 Å². The van der Waals surface area contributed by atoms with E-state index < -0.39 is 0 Å². The van der Waals surface area contributed by atoms with Gasteiger partial charge in [-0.3, -0.25) is 9.59 Å². The summed E-state index contributed by atoms with van der Waals surface area (Å²) in [5, 5.41) is 2.70. The molecule has 0 atom stereocenters. The predicted molar refractivity (Wildman–Crippen MR) is 102 cm³/mol. The van der Waals surface area contributed by atoms with E-state index in [-0.39, 0.29) is 24.2 Å².